The largest absolute Gasteiger partial charge is 0.394 e. The Bertz CT molecular complexity index is 1230. The molecule has 0 heterocycles. The van der Waals surface area contributed by atoms with Crippen LogP contribution in [0.3, 0.4) is 0 Å². The fourth-order valence-electron chi connectivity index (χ4n) is 5.50. The lowest BCUT2D eigenvalue weighted by Gasteiger charge is -2.26. The van der Waals surface area contributed by atoms with Crippen LogP contribution in [-0.4, -0.2) is 377 Å². The minimum atomic E-state index is -1.26. The van der Waals surface area contributed by atoms with Crippen molar-refractivity contribution in [3.05, 3.63) is 0 Å². The van der Waals surface area contributed by atoms with E-state index in [1.165, 1.54) is 0 Å². The Morgan fingerprint density at radius 3 is 0.579 bits per heavy atom. The average Bonchev–Trinajstić information content (AvgIpc) is 3.42. The van der Waals surface area contributed by atoms with Crippen molar-refractivity contribution in [1.82, 2.24) is 0 Å². The molecule has 0 saturated carbocycles. The van der Waals surface area contributed by atoms with Crippen molar-refractivity contribution in [2.45, 2.75) is 91.6 Å². The van der Waals surface area contributed by atoms with Crippen LogP contribution in [0.1, 0.15) is 0 Å². The van der Waals surface area contributed by atoms with E-state index in [0.29, 0.717) is 0 Å². The van der Waals surface area contributed by atoms with E-state index in [4.69, 9.17) is 91.8 Å². The van der Waals surface area contributed by atoms with E-state index in [0.717, 1.165) is 0 Å². The molecule has 0 aliphatic carbocycles. The van der Waals surface area contributed by atoms with E-state index < -0.39 is 144 Å². The van der Waals surface area contributed by atoms with Gasteiger partial charge in [0.2, 0.25) is 0 Å². The van der Waals surface area contributed by atoms with E-state index in [1.807, 2.05) is 0 Å². The minimum Gasteiger partial charge on any atom is -0.394 e. The molecule has 0 aromatic carbocycles. The second-order valence-electron chi connectivity index (χ2n) is 17.4. The van der Waals surface area contributed by atoms with Crippen LogP contribution in [0.15, 0.2) is 0 Å². The Morgan fingerprint density at radius 1 is 0.158 bits per heavy atom. The molecule has 0 radical (unpaired) electrons. The first-order valence-corrected chi connectivity index (χ1v) is 24.9. The molecule has 0 aliphatic rings. The van der Waals surface area contributed by atoms with Gasteiger partial charge >= 0.3 is 0 Å². The predicted octanol–water partition coefficient (Wildman–Crippen LogP) is -10.4. The van der Waals surface area contributed by atoms with Gasteiger partial charge in [0.15, 0.2) is 0 Å². The van der Waals surface area contributed by atoms with Crippen LogP contribution in [0, 0.1) is 0 Å². The Labute approximate surface area is 442 Å². The summed E-state index contributed by atoms with van der Waals surface area (Å²) in [5, 5.41) is 164. The van der Waals surface area contributed by atoms with E-state index in [-0.39, 0.29) is 145 Å². The maximum absolute atomic E-state index is 10.6. The summed E-state index contributed by atoms with van der Waals surface area (Å²) >= 11 is 0. The molecule has 31 nitrogen and oxygen atoms in total. The second-order valence-corrected chi connectivity index (χ2v) is 17.4. The highest BCUT2D eigenvalue weighted by atomic mass is 16.6. The van der Waals surface area contributed by atoms with E-state index in [2.05, 4.69) is 0 Å². The Hall–Kier alpha value is -1.24. The summed E-state index contributed by atoms with van der Waals surface area (Å²) in [6, 6.07) is 0. The molecule has 0 rings (SSSR count). The summed E-state index contributed by atoms with van der Waals surface area (Å²) in [7, 11) is 0. The van der Waals surface area contributed by atoms with Gasteiger partial charge in [-0.25, -0.2) is 0 Å². The van der Waals surface area contributed by atoms with E-state index in [1.54, 1.807) is 0 Å². The van der Waals surface area contributed by atoms with Gasteiger partial charge < -0.3 is 153 Å². The number of rotatable bonds is 58. The van der Waals surface area contributed by atoms with Gasteiger partial charge in [-0.2, -0.15) is 0 Å². The van der Waals surface area contributed by atoms with Crippen LogP contribution in [0.25, 0.3) is 0 Å². The lowest BCUT2D eigenvalue weighted by molar-refractivity contribution is -0.148. The van der Waals surface area contributed by atoms with Crippen molar-refractivity contribution in [1.29, 1.82) is 0 Å². The zero-order valence-corrected chi connectivity index (χ0v) is 43.2. The zero-order chi connectivity index (χ0) is 56.8. The fraction of sp³-hybridized carbons (Fsp3) is 1.00. The highest BCUT2D eigenvalue weighted by Crippen LogP contribution is 2.09. The molecule has 31 heteroatoms. The second kappa shape index (κ2) is 50.7. The quantitative estimate of drug-likeness (QED) is 0.0269. The highest BCUT2D eigenvalue weighted by molar-refractivity contribution is 4.69. The van der Waals surface area contributed by atoms with Crippen LogP contribution in [0.4, 0.5) is 0 Å². The van der Waals surface area contributed by atoms with E-state index in [9.17, 15) is 61.3 Å². The molecular weight excluding hydrogens is 1040 g/mol. The standard InChI is InChI=1S/C45H92O31/c46-1-31(54)9-63-12-37(60)13-66-23-42(74-19-38(61)14-64-10-32(55)2-47)25-70-29-45(75-20-39(62)15-65-11-33(56)3-48)30-76-44(27-68-22-41(8-53)72-17-35(58)5-50)28-69-26-43(73-18-36(59)6-51)24-67-21-40(7-52)71-16-34(57)4-49/h31-62H,1-30H2. The van der Waals surface area contributed by atoms with Crippen molar-refractivity contribution >= 4 is 0 Å². The summed E-state index contributed by atoms with van der Waals surface area (Å²) in [5.41, 5.74) is 0. The molecule has 0 bridgehead atoms. The van der Waals surface area contributed by atoms with Gasteiger partial charge in [-0.3, -0.25) is 0 Å². The SMILES string of the molecule is OCC(O)COCC(O)COCC(COCC(COC(COCC(CO)OCC(O)CO)COCC(COCC(CO)OCC(O)CO)OCC(O)CO)OCC(O)COCC(O)CO)OCC(O)COCC(O)CO. The van der Waals surface area contributed by atoms with Crippen LogP contribution < -0.4 is 0 Å². The third-order valence-electron chi connectivity index (χ3n) is 9.72. The lowest BCUT2D eigenvalue weighted by atomic mass is 10.3. The van der Waals surface area contributed by atoms with Gasteiger partial charge in [-0.1, -0.05) is 0 Å². The van der Waals surface area contributed by atoms with Crippen molar-refractivity contribution in [2.75, 3.05) is 198 Å². The summed E-state index contributed by atoms with van der Waals surface area (Å²) in [5.74, 6) is 0. The monoisotopic (exact) mass is 1130 g/mol. The average molecular weight is 1130 g/mol. The normalized spacial score (nSPS) is 18.3. The molecule has 458 valence electrons. The fourth-order valence-corrected chi connectivity index (χ4v) is 5.50. The maximum atomic E-state index is 10.6. The molecular formula is C45H92O31. The van der Waals surface area contributed by atoms with Crippen LogP contribution in [-0.2, 0) is 66.3 Å². The number of hydrogen-bond acceptors (Lipinski definition) is 31. The van der Waals surface area contributed by atoms with Crippen molar-refractivity contribution in [2.24, 2.45) is 0 Å². The molecule has 0 amide bonds. The smallest absolute Gasteiger partial charge is 0.104 e. The van der Waals surface area contributed by atoms with Crippen LogP contribution >= 0.6 is 0 Å². The Balaban J connectivity index is 6.28. The number of ether oxygens (including phenoxy) is 14. The molecule has 76 heavy (non-hydrogen) atoms. The van der Waals surface area contributed by atoms with E-state index >= 15 is 0 Å². The summed E-state index contributed by atoms with van der Waals surface area (Å²) in [6.07, 6.45) is -16.4. The number of aliphatic hydroxyl groups excluding tert-OH is 17. The minimum absolute atomic E-state index is 0.179. The first-order valence-electron chi connectivity index (χ1n) is 24.9. The van der Waals surface area contributed by atoms with Gasteiger partial charge in [-0.05, 0) is 0 Å². The first kappa shape index (κ1) is 74.8. The third-order valence-corrected chi connectivity index (χ3v) is 9.72. The first-order chi connectivity index (χ1) is 36.5. The van der Waals surface area contributed by atoms with Crippen molar-refractivity contribution in [3.63, 3.8) is 0 Å². The number of aliphatic hydroxyl groups is 17. The molecule has 0 fully saturated rings. The third kappa shape index (κ3) is 43.5. The van der Waals surface area contributed by atoms with Crippen LogP contribution in [0.5, 0.6) is 0 Å². The molecule has 0 aromatic rings. The molecule has 15 unspecified atom stereocenters. The van der Waals surface area contributed by atoms with Gasteiger partial charge in [0, 0.05) is 0 Å². The molecule has 0 spiro atoms. The molecule has 0 aliphatic heterocycles. The maximum Gasteiger partial charge on any atom is 0.104 e. The molecule has 17 N–H and O–H groups in total. The van der Waals surface area contributed by atoms with Gasteiger partial charge in [0.05, 0.1) is 198 Å². The zero-order valence-electron chi connectivity index (χ0n) is 43.2. The molecule has 15 atom stereocenters. The van der Waals surface area contributed by atoms with Crippen molar-refractivity contribution < 1.29 is 153 Å². The molecule has 0 saturated heterocycles. The summed E-state index contributed by atoms with van der Waals surface area (Å²) in [6.45, 7) is -10.2. The topological polar surface area (TPSA) is 473 Å². The predicted molar refractivity (Wildman–Crippen MR) is 256 cm³/mol. The summed E-state index contributed by atoms with van der Waals surface area (Å²) < 4.78 is 79.0. The van der Waals surface area contributed by atoms with Crippen molar-refractivity contribution in [3.8, 4) is 0 Å². The summed E-state index contributed by atoms with van der Waals surface area (Å²) in [4.78, 5) is 0. The van der Waals surface area contributed by atoms with Crippen LogP contribution in [0.2, 0.25) is 0 Å². The van der Waals surface area contributed by atoms with Gasteiger partial charge in [0.1, 0.15) is 91.6 Å². The number of hydrogen-bond donors (Lipinski definition) is 17. The lowest BCUT2D eigenvalue weighted by Crippen LogP contribution is -2.38. The molecule has 0 aromatic heterocycles. The Kier molecular flexibility index (Phi) is 49.9. The van der Waals surface area contributed by atoms with Gasteiger partial charge in [0.25, 0.3) is 0 Å². The Morgan fingerprint density at radius 2 is 0.316 bits per heavy atom. The van der Waals surface area contributed by atoms with Gasteiger partial charge in [-0.15, -0.1) is 0 Å². The highest BCUT2D eigenvalue weighted by Gasteiger charge is 2.23.